The SMILES string of the molecule is CC(=O)C(Br)c1cccc(F)c1C(F)F. The van der Waals surface area contributed by atoms with E-state index in [1.165, 1.54) is 19.1 Å². The number of hydrogen-bond acceptors (Lipinski definition) is 1. The van der Waals surface area contributed by atoms with Gasteiger partial charge in [0.25, 0.3) is 6.43 Å². The molecule has 0 spiro atoms. The van der Waals surface area contributed by atoms with Gasteiger partial charge in [-0.15, -0.1) is 0 Å². The number of carbonyl (C=O) groups excluding carboxylic acids is 1. The summed E-state index contributed by atoms with van der Waals surface area (Å²) in [6, 6.07) is 3.56. The molecular weight excluding hydrogens is 273 g/mol. The van der Waals surface area contributed by atoms with Gasteiger partial charge in [-0.1, -0.05) is 28.1 Å². The molecule has 1 rings (SSSR count). The lowest BCUT2D eigenvalue weighted by Gasteiger charge is -2.12. The van der Waals surface area contributed by atoms with Crippen molar-refractivity contribution in [2.75, 3.05) is 0 Å². The smallest absolute Gasteiger partial charge is 0.266 e. The van der Waals surface area contributed by atoms with Gasteiger partial charge in [0.2, 0.25) is 0 Å². The minimum Gasteiger partial charge on any atom is -0.298 e. The molecule has 1 aromatic carbocycles. The van der Waals surface area contributed by atoms with Crippen LogP contribution in [0, 0.1) is 5.82 Å². The van der Waals surface area contributed by atoms with Crippen molar-refractivity contribution < 1.29 is 18.0 Å². The first-order valence-electron chi connectivity index (χ1n) is 4.16. The van der Waals surface area contributed by atoms with Gasteiger partial charge in [0.15, 0.2) is 0 Å². The summed E-state index contributed by atoms with van der Waals surface area (Å²) < 4.78 is 38.2. The molecule has 0 heterocycles. The standard InChI is InChI=1S/C10H8BrF3O/c1-5(15)9(11)6-3-2-4-7(12)8(6)10(13)14/h2-4,9-10H,1H3. The molecule has 1 nitrogen and oxygen atoms in total. The average Bonchev–Trinajstić information content (AvgIpc) is 2.15. The van der Waals surface area contributed by atoms with Crippen LogP contribution < -0.4 is 0 Å². The molecule has 0 aliphatic carbocycles. The molecular formula is C10H8BrF3O. The molecule has 82 valence electrons. The molecule has 1 unspecified atom stereocenters. The fourth-order valence-electron chi connectivity index (χ4n) is 1.22. The molecule has 0 aliphatic rings. The monoisotopic (exact) mass is 280 g/mol. The number of benzene rings is 1. The lowest BCUT2D eigenvalue weighted by Crippen LogP contribution is -2.06. The van der Waals surface area contributed by atoms with Crippen LogP contribution in [-0.2, 0) is 4.79 Å². The van der Waals surface area contributed by atoms with E-state index in [4.69, 9.17) is 0 Å². The predicted octanol–water partition coefficient (Wildman–Crippen LogP) is 3.79. The van der Waals surface area contributed by atoms with Gasteiger partial charge in [0.05, 0.1) is 10.4 Å². The molecule has 0 fully saturated rings. The topological polar surface area (TPSA) is 17.1 Å². The zero-order valence-electron chi connectivity index (χ0n) is 7.81. The Morgan fingerprint density at radius 2 is 2.00 bits per heavy atom. The Bertz CT molecular complexity index is 379. The summed E-state index contributed by atoms with van der Waals surface area (Å²) in [6.07, 6.45) is -2.93. The van der Waals surface area contributed by atoms with Crippen molar-refractivity contribution in [1.82, 2.24) is 0 Å². The molecule has 0 amide bonds. The van der Waals surface area contributed by atoms with Crippen LogP contribution in [0.4, 0.5) is 13.2 Å². The Morgan fingerprint density at radius 3 is 2.47 bits per heavy atom. The van der Waals surface area contributed by atoms with E-state index in [0.717, 1.165) is 6.07 Å². The minimum atomic E-state index is -2.93. The Morgan fingerprint density at radius 1 is 1.40 bits per heavy atom. The molecule has 0 bridgehead atoms. The lowest BCUT2D eigenvalue weighted by atomic mass is 10.0. The Balaban J connectivity index is 3.28. The Hall–Kier alpha value is -0.840. The van der Waals surface area contributed by atoms with Crippen LogP contribution in [0.15, 0.2) is 18.2 Å². The quantitative estimate of drug-likeness (QED) is 0.770. The number of alkyl halides is 3. The minimum absolute atomic E-state index is 0.0162. The van der Waals surface area contributed by atoms with Crippen LogP contribution in [-0.4, -0.2) is 5.78 Å². The summed E-state index contributed by atoms with van der Waals surface area (Å²) in [4.78, 5) is 10.1. The van der Waals surface area contributed by atoms with Crippen molar-refractivity contribution in [3.05, 3.63) is 35.1 Å². The van der Waals surface area contributed by atoms with Crippen molar-refractivity contribution in [1.29, 1.82) is 0 Å². The van der Waals surface area contributed by atoms with Crippen molar-refractivity contribution in [2.24, 2.45) is 0 Å². The van der Waals surface area contributed by atoms with Crippen molar-refractivity contribution >= 4 is 21.7 Å². The van der Waals surface area contributed by atoms with Crippen molar-refractivity contribution in [3.63, 3.8) is 0 Å². The first-order valence-corrected chi connectivity index (χ1v) is 5.07. The maximum absolute atomic E-state index is 13.1. The van der Waals surface area contributed by atoms with Crippen LogP contribution in [0.1, 0.15) is 29.3 Å². The number of halogens is 4. The van der Waals surface area contributed by atoms with Crippen LogP contribution in [0.3, 0.4) is 0 Å². The lowest BCUT2D eigenvalue weighted by molar-refractivity contribution is -0.116. The van der Waals surface area contributed by atoms with Gasteiger partial charge in [-0.05, 0) is 18.6 Å². The maximum Gasteiger partial charge on any atom is 0.266 e. The summed E-state index contributed by atoms with van der Waals surface area (Å²) in [5.41, 5.74) is -0.730. The van der Waals surface area contributed by atoms with Crippen LogP contribution in [0.5, 0.6) is 0 Å². The fourth-order valence-corrected chi connectivity index (χ4v) is 1.62. The largest absolute Gasteiger partial charge is 0.298 e. The molecule has 1 atom stereocenters. The van der Waals surface area contributed by atoms with Gasteiger partial charge in [-0.2, -0.15) is 0 Å². The summed E-state index contributed by atoms with van der Waals surface area (Å²) in [5, 5.41) is 0. The van der Waals surface area contributed by atoms with Crippen LogP contribution in [0.25, 0.3) is 0 Å². The maximum atomic E-state index is 13.1. The summed E-state index contributed by atoms with van der Waals surface area (Å²) in [5.74, 6) is -1.34. The van der Waals surface area contributed by atoms with E-state index < -0.39 is 22.6 Å². The van der Waals surface area contributed by atoms with E-state index in [9.17, 15) is 18.0 Å². The molecule has 0 aromatic heterocycles. The first-order chi connectivity index (χ1) is 6.95. The number of ketones is 1. The normalized spacial score (nSPS) is 12.9. The van der Waals surface area contributed by atoms with E-state index >= 15 is 0 Å². The Kier molecular flexibility index (Phi) is 3.90. The second kappa shape index (κ2) is 4.79. The number of Topliss-reactive ketones (excluding diaryl/α,β-unsaturated/α-hetero) is 1. The van der Waals surface area contributed by atoms with Crippen molar-refractivity contribution in [2.45, 2.75) is 18.2 Å². The van der Waals surface area contributed by atoms with Crippen molar-refractivity contribution in [3.8, 4) is 0 Å². The highest BCUT2D eigenvalue weighted by molar-refractivity contribution is 9.09. The van der Waals surface area contributed by atoms with Gasteiger partial charge in [-0.3, -0.25) is 4.79 Å². The van der Waals surface area contributed by atoms with E-state index in [1.807, 2.05) is 0 Å². The number of carbonyl (C=O) groups is 1. The highest BCUT2D eigenvalue weighted by atomic mass is 79.9. The summed E-state index contributed by atoms with van der Waals surface area (Å²) in [6.45, 7) is 1.25. The van der Waals surface area contributed by atoms with E-state index in [-0.39, 0.29) is 11.3 Å². The molecule has 0 N–H and O–H groups in total. The van der Waals surface area contributed by atoms with Crippen LogP contribution in [0.2, 0.25) is 0 Å². The highest BCUT2D eigenvalue weighted by Crippen LogP contribution is 2.34. The zero-order chi connectivity index (χ0) is 11.6. The molecule has 0 saturated carbocycles. The van der Waals surface area contributed by atoms with E-state index in [0.29, 0.717) is 0 Å². The van der Waals surface area contributed by atoms with Gasteiger partial charge in [0.1, 0.15) is 11.6 Å². The average molecular weight is 281 g/mol. The number of hydrogen-bond donors (Lipinski definition) is 0. The van der Waals surface area contributed by atoms with Crippen LogP contribution >= 0.6 is 15.9 Å². The first kappa shape index (κ1) is 12.2. The third kappa shape index (κ3) is 2.59. The molecule has 5 heteroatoms. The molecule has 0 radical (unpaired) electrons. The third-order valence-corrected chi connectivity index (χ3v) is 3.07. The molecule has 1 aromatic rings. The predicted molar refractivity (Wildman–Crippen MR) is 53.7 cm³/mol. The van der Waals surface area contributed by atoms with E-state index in [1.54, 1.807) is 0 Å². The zero-order valence-corrected chi connectivity index (χ0v) is 9.39. The van der Waals surface area contributed by atoms with Gasteiger partial charge < -0.3 is 0 Å². The summed E-state index contributed by atoms with van der Waals surface area (Å²) in [7, 11) is 0. The summed E-state index contributed by atoms with van der Waals surface area (Å²) >= 11 is 2.95. The fraction of sp³-hybridized carbons (Fsp3) is 0.300. The molecule has 15 heavy (non-hydrogen) atoms. The molecule has 0 aliphatic heterocycles. The van der Waals surface area contributed by atoms with Gasteiger partial charge in [-0.25, -0.2) is 13.2 Å². The second-order valence-corrected chi connectivity index (χ2v) is 3.93. The van der Waals surface area contributed by atoms with Gasteiger partial charge >= 0.3 is 0 Å². The Labute approximate surface area is 93.4 Å². The van der Waals surface area contributed by atoms with E-state index in [2.05, 4.69) is 15.9 Å². The van der Waals surface area contributed by atoms with Gasteiger partial charge in [0, 0.05) is 0 Å². The number of rotatable bonds is 3. The highest BCUT2D eigenvalue weighted by Gasteiger charge is 2.24. The second-order valence-electron chi connectivity index (χ2n) is 3.02. The molecule has 0 saturated heterocycles. The third-order valence-electron chi connectivity index (χ3n) is 1.93.